The van der Waals surface area contributed by atoms with Crippen molar-refractivity contribution in [2.75, 3.05) is 25.4 Å². The van der Waals surface area contributed by atoms with Gasteiger partial charge >= 0.3 is 0 Å². The smallest absolute Gasteiger partial charge is 0.273 e. The first-order valence-electron chi connectivity index (χ1n) is 10.2. The number of hydrogen-bond donors (Lipinski definition) is 2. The Morgan fingerprint density at radius 3 is 2.63 bits per heavy atom. The highest BCUT2D eigenvalue weighted by Crippen LogP contribution is 2.33. The third-order valence-electron chi connectivity index (χ3n) is 5.50. The van der Waals surface area contributed by atoms with Crippen LogP contribution in [0.15, 0.2) is 36.4 Å². The van der Waals surface area contributed by atoms with Crippen LogP contribution in [0.3, 0.4) is 0 Å². The summed E-state index contributed by atoms with van der Waals surface area (Å²) in [4.78, 5) is 26.9. The number of rotatable bonds is 5. The van der Waals surface area contributed by atoms with Crippen LogP contribution in [0.1, 0.15) is 46.2 Å². The Kier molecular flexibility index (Phi) is 5.35. The molecular formula is C23H25N5O2. The van der Waals surface area contributed by atoms with Crippen molar-refractivity contribution in [2.24, 2.45) is 0 Å². The van der Waals surface area contributed by atoms with Crippen molar-refractivity contribution >= 4 is 28.4 Å². The van der Waals surface area contributed by atoms with Gasteiger partial charge in [0.25, 0.3) is 11.8 Å². The molecule has 1 aliphatic rings. The van der Waals surface area contributed by atoms with Gasteiger partial charge in [0, 0.05) is 36.1 Å². The normalized spacial score (nSPS) is 13.2. The molecule has 0 aliphatic carbocycles. The molecule has 2 aromatic carbocycles. The number of carbonyl (C=O) groups is 2. The van der Waals surface area contributed by atoms with E-state index in [4.69, 9.17) is 5.73 Å². The number of amides is 2. The van der Waals surface area contributed by atoms with Crippen molar-refractivity contribution in [1.82, 2.24) is 20.4 Å². The number of hydrogen-bond acceptors (Lipinski definition) is 5. The summed E-state index contributed by atoms with van der Waals surface area (Å²) in [6.07, 6.45) is 1.87. The molecule has 0 atom stereocenters. The van der Waals surface area contributed by atoms with Gasteiger partial charge in [-0.2, -0.15) is 0 Å². The predicted molar refractivity (Wildman–Crippen MR) is 117 cm³/mol. The summed E-state index contributed by atoms with van der Waals surface area (Å²) >= 11 is 0. The number of likely N-dealkylation sites (tertiary alicyclic amines) is 1. The van der Waals surface area contributed by atoms with Gasteiger partial charge in [-0.05, 0) is 43.0 Å². The lowest BCUT2D eigenvalue weighted by molar-refractivity contribution is 0.0651. The van der Waals surface area contributed by atoms with Crippen LogP contribution in [-0.2, 0) is 0 Å². The summed E-state index contributed by atoms with van der Waals surface area (Å²) in [6, 6.07) is 11.4. The third-order valence-corrected chi connectivity index (χ3v) is 5.50. The maximum Gasteiger partial charge on any atom is 0.273 e. The lowest BCUT2D eigenvalue weighted by Gasteiger charge is -2.31. The van der Waals surface area contributed by atoms with Crippen LogP contribution in [0.5, 0.6) is 0 Å². The van der Waals surface area contributed by atoms with E-state index in [0.29, 0.717) is 28.7 Å². The molecule has 0 saturated carbocycles. The molecular weight excluding hydrogens is 378 g/mol. The summed E-state index contributed by atoms with van der Waals surface area (Å²) in [5.41, 5.74) is 10.8. The Balaban J connectivity index is 1.79. The van der Waals surface area contributed by atoms with E-state index in [1.807, 2.05) is 55.1 Å². The molecule has 0 spiro atoms. The second-order valence-electron chi connectivity index (χ2n) is 7.60. The molecule has 154 valence electrons. The molecule has 7 heteroatoms. The fraction of sp³-hybridized carbons (Fsp3) is 0.304. The summed E-state index contributed by atoms with van der Waals surface area (Å²) in [5.74, 6) is -0.282. The van der Waals surface area contributed by atoms with Gasteiger partial charge < -0.3 is 16.0 Å². The SMILES string of the molecule is CCCNC(=O)c1nnc2c(-c3cc(C(=O)N4CCC4)ccc3C)cccc2c1N. The average Bonchev–Trinajstić information content (AvgIpc) is 2.71. The number of aromatic nitrogens is 2. The van der Waals surface area contributed by atoms with E-state index in [1.54, 1.807) is 0 Å². The van der Waals surface area contributed by atoms with Crippen LogP contribution in [0.4, 0.5) is 5.69 Å². The fourth-order valence-electron chi connectivity index (χ4n) is 3.60. The van der Waals surface area contributed by atoms with Gasteiger partial charge in [-0.25, -0.2) is 0 Å². The Morgan fingerprint density at radius 2 is 1.93 bits per heavy atom. The molecule has 0 bridgehead atoms. The molecule has 30 heavy (non-hydrogen) atoms. The van der Waals surface area contributed by atoms with E-state index in [1.165, 1.54) is 0 Å². The van der Waals surface area contributed by atoms with Gasteiger partial charge in [0.2, 0.25) is 0 Å². The maximum atomic E-state index is 12.7. The van der Waals surface area contributed by atoms with Crippen molar-refractivity contribution in [3.8, 4) is 11.1 Å². The van der Waals surface area contributed by atoms with Crippen molar-refractivity contribution in [3.05, 3.63) is 53.2 Å². The van der Waals surface area contributed by atoms with Crippen molar-refractivity contribution in [2.45, 2.75) is 26.7 Å². The molecule has 1 aromatic heterocycles. The summed E-state index contributed by atoms with van der Waals surface area (Å²) in [6.45, 7) is 6.14. The number of aryl methyl sites for hydroxylation is 1. The highest BCUT2D eigenvalue weighted by atomic mass is 16.2. The molecule has 4 rings (SSSR count). The van der Waals surface area contributed by atoms with E-state index < -0.39 is 0 Å². The number of fused-ring (bicyclic) bond motifs is 1. The molecule has 3 N–H and O–H groups in total. The second kappa shape index (κ2) is 8.10. The lowest BCUT2D eigenvalue weighted by Crippen LogP contribution is -2.42. The topological polar surface area (TPSA) is 101 Å². The van der Waals surface area contributed by atoms with E-state index in [2.05, 4.69) is 15.5 Å². The lowest BCUT2D eigenvalue weighted by atomic mass is 9.95. The minimum atomic E-state index is -0.326. The summed E-state index contributed by atoms with van der Waals surface area (Å²) in [7, 11) is 0. The largest absolute Gasteiger partial charge is 0.396 e. The first-order valence-corrected chi connectivity index (χ1v) is 10.2. The van der Waals surface area contributed by atoms with Crippen LogP contribution in [0.2, 0.25) is 0 Å². The van der Waals surface area contributed by atoms with Gasteiger partial charge in [0.1, 0.15) is 5.52 Å². The highest BCUT2D eigenvalue weighted by Gasteiger charge is 2.23. The fourth-order valence-corrected chi connectivity index (χ4v) is 3.60. The monoisotopic (exact) mass is 403 g/mol. The number of nitrogens with zero attached hydrogens (tertiary/aromatic N) is 3. The molecule has 2 heterocycles. The van der Waals surface area contributed by atoms with Gasteiger partial charge in [-0.3, -0.25) is 9.59 Å². The molecule has 7 nitrogen and oxygen atoms in total. The van der Waals surface area contributed by atoms with Gasteiger partial charge in [0.15, 0.2) is 5.69 Å². The van der Waals surface area contributed by atoms with Crippen molar-refractivity contribution in [1.29, 1.82) is 0 Å². The molecule has 2 amide bonds. The van der Waals surface area contributed by atoms with Crippen molar-refractivity contribution < 1.29 is 9.59 Å². The van der Waals surface area contributed by atoms with Crippen molar-refractivity contribution in [3.63, 3.8) is 0 Å². The molecule has 1 saturated heterocycles. The quantitative estimate of drug-likeness (QED) is 0.681. The number of carbonyl (C=O) groups excluding carboxylic acids is 2. The van der Waals surface area contributed by atoms with Crippen LogP contribution in [-0.4, -0.2) is 46.5 Å². The first-order chi connectivity index (χ1) is 14.5. The van der Waals surface area contributed by atoms with E-state index in [0.717, 1.165) is 42.6 Å². The highest BCUT2D eigenvalue weighted by molar-refractivity contribution is 6.08. The Hall–Kier alpha value is -3.48. The van der Waals surface area contributed by atoms with Crippen LogP contribution in [0.25, 0.3) is 22.0 Å². The zero-order valence-electron chi connectivity index (χ0n) is 17.2. The minimum absolute atomic E-state index is 0.0446. The van der Waals surface area contributed by atoms with Crippen LogP contribution >= 0.6 is 0 Å². The molecule has 1 fully saturated rings. The predicted octanol–water partition coefficient (Wildman–Crippen LogP) is 3.17. The minimum Gasteiger partial charge on any atom is -0.396 e. The van der Waals surface area contributed by atoms with Crippen LogP contribution in [0, 0.1) is 6.92 Å². The van der Waals surface area contributed by atoms with E-state index >= 15 is 0 Å². The summed E-state index contributed by atoms with van der Waals surface area (Å²) < 4.78 is 0. The zero-order chi connectivity index (χ0) is 21.3. The Bertz CT molecular complexity index is 1140. The molecule has 0 unspecified atom stereocenters. The Labute approximate surface area is 175 Å². The second-order valence-corrected chi connectivity index (χ2v) is 7.60. The third kappa shape index (κ3) is 3.47. The van der Waals surface area contributed by atoms with Gasteiger partial charge in [-0.1, -0.05) is 31.2 Å². The first kappa shape index (κ1) is 19.8. The zero-order valence-corrected chi connectivity index (χ0v) is 17.2. The van der Waals surface area contributed by atoms with E-state index in [9.17, 15) is 9.59 Å². The molecule has 0 radical (unpaired) electrons. The number of nitrogens with one attached hydrogen (secondary N) is 1. The van der Waals surface area contributed by atoms with Crippen LogP contribution < -0.4 is 11.1 Å². The average molecular weight is 403 g/mol. The summed E-state index contributed by atoms with van der Waals surface area (Å²) in [5, 5.41) is 11.9. The van der Waals surface area contributed by atoms with Gasteiger partial charge in [-0.15, -0.1) is 10.2 Å². The van der Waals surface area contributed by atoms with Gasteiger partial charge in [0.05, 0.1) is 5.69 Å². The standard InChI is InChI=1S/C23H25N5O2/c1-3-10-25-22(29)21-19(24)17-7-4-6-16(20(17)26-27-21)18-13-15(9-8-14(18)2)23(30)28-11-5-12-28/h4,6-9,13H,3,5,10-12H2,1-2H3,(H2,24,26)(H,25,29). The molecule has 1 aliphatic heterocycles. The number of benzene rings is 2. The Morgan fingerprint density at radius 1 is 1.13 bits per heavy atom. The number of nitrogens with two attached hydrogens (primary N) is 1. The molecule has 3 aromatic rings. The van der Waals surface area contributed by atoms with E-state index in [-0.39, 0.29) is 17.5 Å². The maximum absolute atomic E-state index is 12.7. The number of anilines is 1. The number of nitrogen functional groups attached to an aromatic ring is 1.